The molecule has 1 saturated heterocycles. The zero-order valence-corrected chi connectivity index (χ0v) is 13.4. The maximum Gasteiger partial charge on any atom is 0.133 e. The van der Waals surface area contributed by atoms with Crippen molar-refractivity contribution in [2.75, 3.05) is 26.9 Å². The zero-order valence-electron chi connectivity index (χ0n) is 11.8. The molecule has 2 rings (SSSR count). The number of aliphatic hydroxyl groups excluding tert-OH is 1. The van der Waals surface area contributed by atoms with Gasteiger partial charge in [-0.2, -0.15) is 0 Å². The van der Waals surface area contributed by atoms with Gasteiger partial charge in [-0.25, -0.2) is 0 Å². The molecule has 0 aliphatic carbocycles. The third kappa shape index (κ3) is 3.95. The molecule has 1 N–H and O–H groups in total. The van der Waals surface area contributed by atoms with E-state index in [9.17, 15) is 5.11 Å². The van der Waals surface area contributed by atoms with Crippen molar-refractivity contribution >= 4 is 15.9 Å². The predicted octanol–water partition coefficient (Wildman–Crippen LogP) is 2.93. The number of ether oxygens (including phenoxy) is 3. The Morgan fingerprint density at radius 2 is 2.25 bits per heavy atom. The van der Waals surface area contributed by atoms with Gasteiger partial charge in [0.25, 0.3) is 0 Å². The van der Waals surface area contributed by atoms with E-state index in [-0.39, 0.29) is 12.0 Å². The van der Waals surface area contributed by atoms with Crippen LogP contribution in [-0.2, 0) is 9.47 Å². The van der Waals surface area contributed by atoms with Crippen molar-refractivity contribution in [2.24, 2.45) is 5.92 Å². The Balaban J connectivity index is 2.00. The lowest BCUT2D eigenvalue weighted by molar-refractivity contribution is 0.0803. The molecule has 4 nitrogen and oxygen atoms in total. The van der Waals surface area contributed by atoms with Gasteiger partial charge >= 0.3 is 0 Å². The maximum atomic E-state index is 10.4. The van der Waals surface area contributed by atoms with Crippen LogP contribution in [-0.4, -0.2) is 38.1 Å². The summed E-state index contributed by atoms with van der Waals surface area (Å²) in [5, 5.41) is 10.4. The molecule has 112 valence electrons. The number of benzene rings is 1. The summed E-state index contributed by atoms with van der Waals surface area (Å²) in [4.78, 5) is 0. The normalized spacial score (nSPS) is 23.8. The Bertz CT molecular complexity index is 438. The lowest BCUT2D eigenvalue weighted by Gasteiger charge is -2.18. The molecule has 0 spiro atoms. The number of rotatable bonds is 6. The van der Waals surface area contributed by atoms with Crippen LogP contribution in [0.15, 0.2) is 22.7 Å². The minimum absolute atomic E-state index is 0.164. The first-order valence-electron chi connectivity index (χ1n) is 6.82. The standard InChI is InChI=1S/C15H21BrO4/c1-10-7-12(9-20-10)15(17)11-3-4-14(13(16)8-11)19-6-5-18-2/h3-4,8,10,12,15,17H,5-7,9H2,1-2H3. The van der Waals surface area contributed by atoms with E-state index in [1.807, 2.05) is 25.1 Å². The van der Waals surface area contributed by atoms with Gasteiger partial charge in [0.2, 0.25) is 0 Å². The highest BCUT2D eigenvalue weighted by Crippen LogP contribution is 2.35. The average Bonchev–Trinajstić information content (AvgIpc) is 2.86. The third-order valence-corrected chi connectivity index (χ3v) is 4.14. The van der Waals surface area contributed by atoms with Gasteiger partial charge in [-0.3, -0.25) is 0 Å². The van der Waals surface area contributed by atoms with E-state index in [2.05, 4.69) is 15.9 Å². The monoisotopic (exact) mass is 344 g/mol. The molecule has 0 radical (unpaired) electrons. The SMILES string of the molecule is COCCOc1ccc(C(O)C2COC(C)C2)cc1Br. The number of hydrogen-bond donors (Lipinski definition) is 1. The molecule has 5 heteroatoms. The second kappa shape index (κ2) is 7.41. The van der Waals surface area contributed by atoms with Gasteiger partial charge in [-0.1, -0.05) is 6.07 Å². The van der Waals surface area contributed by atoms with Gasteiger partial charge in [-0.05, 0) is 47.0 Å². The Kier molecular flexibility index (Phi) is 5.84. The van der Waals surface area contributed by atoms with E-state index in [0.29, 0.717) is 19.8 Å². The minimum Gasteiger partial charge on any atom is -0.490 e. The van der Waals surface area contributed by atoms with Crippen LogP contribution in [0.25, 0.3) is 0 Å². The molecule has 0 bridgehead atoms. The van der Waals surface area contributed by atoms with E-state index in [1.165, 1.54) is 0 Å². The smallest absolute Gasteiger partial charge is 0.133 e. The highest BCUT2D eigenvalue weighted by Gasteiger charge is 2.29. The van der Waals surface area contributed by atoms with Crippen LogP contribution < -0.4 is 4.74 Å². The third-order valence-electron chi connectivity index (χ3n) is 3.52. The summed E-state index contributed by atoms with van der Waals surface area (Å²) in [6.07, 6.45) is 0.629. The highest BCUT2D eigenvalue weighted by molar-refractivity contribution is 9.10. The van der Waals surface area contributed by atoms with Crippen molar-refractivity contribution in [3.8, 4) is 5.75 Å². The molecule has 0 amide bonds. The van der Waals surface area contributed by atoms with Crippen LogP contribution in [0.2, 0.25) is 0 Å². The number of aliphatic hydroxyl groups is 1. The van der Waals surface area contributed by atoms with Crippen molar-refractivity contribution in [1.29, 1.82) is 0 Å². The minimum atomic E-state index is -0.496. The van der Waals surface area contributed by atoms with Gasteiger partial charge in [0.15, 0.2) is 0 Å². The lowest BCUT2D eigenvalue weighted by atomic mass is 9.94. The fourth-order valence-corrected chi connectivity index (χ4v) is 2.91. The highest BCUT2D eigenvalue weighted by atomic mass is 79.9. The zero-order chi connectivity index (χ0) is 14.5. The molecular formula is C15H21BrO4. The van der Waals surface area contributed by atoms with Crippen LogP contribution in [0.3, 0.4) is 0 Å². The molecule has 0 saturated carbocycles. The second-order valence-corrected chi connectivity index (χ2v) is 5.97. The van der Waals surface area contributed by atoms with Crippen molar-refractivity contribution in [2.45, 2.75) is 25.6 Å². The van der Waals surface area contributed by atoms with Crippen LogP contribution in [0.4, 0.5) is 0 Å². The van der Waals surface area contributed by atoms with Crippen LogP contribution in [0.1, 0.15) is 25.0 Å². The Hall–Kier alpha value is -0.620. The van der Waals surface area contributed by atoms with Crippen molar-refractivity contribution in [1.82, 2.24) is 0 Å². The van der Waals surface area contributed by atoms with Crippen LogP contribution in [0, 0.1) is 5.92 Å². The van der Waals surface area contributed by atoms with Gasteiger partial charge in [-0.15, -0.1) is 0 Å². The summed E-state index contributed by atoms with van der Waals surface area (Å²) >= 11 is 3.48. The van der Waals surface area contributed by atoms with Gasteiger partial charge in [0.1, 0.15) is 12.4 Å². The van der Waals surface area contributed by atoms with E-state index >= 15 is 0 Å². The molecule has 20 heavy (non-hydrogen) atoms. The Labute approximate surface area is 128 Å². The van der Waals surface area contributed by atoms with E-state index in [0.717, 1.165) is 22.2 Å². The number of halogens is 1. The van der Waals surface area contributed by atoms with Crippen LogP contribution >= 0.6 is 15.9 Å². The molecule has 1 aliphatic heterocycles. The molecule has 1 aromatic carbocycles. The van der Waals surface area contributed by atoms with Gasteiger partial charge < -0.3 is 19.3 Å². The molecule has 3 unspecified atom stereocenters. The first kappa shape index (κ1) is 15.8. The second-order valence-electron chi connectivity index (χ2n) is 5.12. The summed E-state index contributed by atoms with van der Waals surface area (Å²) in [6.45, 7) is 3.71. The first-order chi connectivity index (χ1) is 9.61. The van der Waals surface area contributed by atoms with E-state index in [1.54, 1.807) is 7.11 Å². The maximum absolute atomic E-state index is 10.4. The first-order valence-corrected chi connectivity index (χ1v) is 7.62. The average molecular weight is 345 g/mol. The number of methoxy groups -OCH3 is 1. The number of hydrogen-bond acceptors (Lipinski definition) is 4. The Morgan fingerprint density at radius 1 is 1.45 bits per heavy atom. The Morgan fingerprint density at radius 3 is 2.85 bits per heavy atom. The molecule has 1 aromatic rings. The van der Waals surface area contributed by atoms with Crippen molar-refractivity contribution in [3.63, 3.8) is 0 Å². The largest absolute Gasteiger partial charge is 0.490 e. The van der Waals surface area contributed by atoms with Crippen LogP contribution in [0.5, 0.6) is 5.75 Å². The topological polar surface area (TPSA) is 47.9 Å². The summed E-state index contributed by atoms with van der Waals surface area (Å²) < 4.78 is 16.9. The van der Waals surface area contributed by atoms with Gasteiger partial charge in [0, 0.05) is 13.0 Å². The summed E-state index contributed by atoms with van der Waals surface area (Å²) in [5.74, 6) is 0.922. The summed E-state index contributed by atoms with van der Waals surface area (Å²) in [7, 11) is 1.64. The molecule has 1 fully saturated rings. The van der Waals surface area contributed by atoms with E-state index in [4.69, 9.17) is 14.2 Å². The molecule has 3 atom stereocenters. The fourth-order valence-electron chi connectivity index (χ4n) is 2.40. The lowest BCUT2D eigenvalue weighted by Crippen LogP contribution is -2.13. The molecule has 1 heterocycles. The van der Waals surface area contributed by atoms with E-state index < -0.39 is 6.10 Å². The van der Waals surface area contributed by atoms with Crippen molar-refractivity contribution < 1.29 is 19.3 Å². The van der Waals surface area contributed by atoms with Crippen molar-refractivity contribution in [3.05, 3.63) is 28.2 Å². The van der Waals surface area contributed by atoms with Gasteiger partial charge in [0.05, 0.1) is 29.9 Å². The summed E-state index contributed by atoms with van der Waals surface area (Å²) in [6, 6.07) is 5.69. The molecular weight excluding hydrogens is 324 g/mol. The molecule has 1 aliphatic rings. The predicted molar refractivity (Wildman–Crippen MR) is 80.0 cm³/mol. The quantitative estimate of drug-likeness (QED) is 0.806. The molecule has 0 aromatic heterocycles. The fraction of sp³-hybridized carbons (Fsp3) is 0.600. The summed E-state index contributed by atoms with van der Waals surface area (Å²) in [5.41, 5.74) is 0.888.